The highest BCUT2D eigenvalue weighted by atomic mass is 16.6. The smallest absolute Gasteiger partial charge is 0.273 e. The molecule has 20 heavy (non-hydrogen) atoms. The molecule has 1 aromatic carbocycles. The van der Waals surface area contributed by atoms with Crippen LogP contribution in [-0.4, -0.2) is 21.0 Å². The van der Waals surface area contributed by atoms with Crippen molar-refractivity contribution in [2.24, 2.45) is 0 Å². The van der Waals surface area contributed by atoms with E-state index < -0.39 is 4.92 Å². The minimum Gasteiger partial charge on any atom is -0.309 e. The third kappa shape index (κ3) is 2.82. The molecule has 0 aliphatic heterocycles. The second-order valence-corrected chi connectivity index (χ2v) is 4.43. The maximum Gasteiger partial charge on any atom is 0.273 e. The number of amides is 1. The van der Waals surface area contributed by atoms with Crippen molar-refractivity contribution in [3.8, 4) is 0 Å². The molecular formula is C13H14N4O3. The molecule has 2 N–H and O–H groups in total. The van der Waals surface area contributed by atoms with Crippen molar-refractivity contribution in [3.63, 3.8) is 0 Å². The van der Waals surface area contributed by atoms with Crippen LogP contribution >= 0.6 is 0 Å². The van der Waals surface area contributed by atoms with E-state index in [1.165, 1.54) is 6.07 Å². The maximum absolute atomic E-state index is 11.9. The van der Waals surface area contributed by atoms with E-state index in [0.29, 0.717) is 11.4 Å². The van der Waals surface area contributed by atoms with E-state index in [0.717, 1.165) is 11.3 Å². The predicted octanol–water partition coefficient (Wildman–Crippen LogP) is 2.12. The first-order chi connectivity index (χ1) is 9.49. The van der Waals surface area contributed by atoms with E-state index in [-0.39, 0.29) is 18.0 Å². The first-order valence-electron chi connectivity index (χ1n) is 6.02. The minimum atomic E-state index is -0.493. The van der Waals surface area contributed by atoms with Gasteiger partial charge in [-0.3, -0.25) is 20.0 Å². The van der Waals surface area contributed by atoms with E-state index in [4.69, 9.17) is 0 Å². The average molecular weight is 274 g/mol. The van der Waals surface area contributed by atoms with Crippen molar-refractivity contribution >= 4 is 17.4 Å². The number of carbonyl (C=O) groups is 1. The summed E-state index contributed by atoms with van der Waals surface area (Å²) in [4.78, 5) is 22.3. The first kappa shape index (κ1) is 13.7. The van der Waals surface area contributed by atoms with E-state index in [1.807, 2.05) is 13.8 Å². The number of hydrogen-bond donors (Lipinski definition) is 2. The Morgan fingerprint density at radius 1 is 1.40 bits per heavy atom. The number of rotatable bonds is 4. The topological polar surface area (TPSA) is 101 Å². The zero-order chi connectivity index (χ0) is 14.7. The third-order valence-corrected chi connectivity index (χ3v) is 3.05. The number of aromatic nitrogens is 2. The second kappa shape index (κ2) is 5.52. The van der Waals surface area contributed by atoms with Crippen molar-refractivity contribution in [2.45, 2.75) is 20.3 Å². The molecule has 7 nitrogen and oxygen atoms in total. The number of carbonyl (C=O) groups excluding carboxylic acids is 1. The highest BCUT2D eigenvalue weighted by Gasteiger charge is 2.16. The number of benzene rings is 1. The Morgan fingerprint density at radius 2 is 2.10 bits per heavy atom. The van der Waals surface area contributed by atoms with Crippen molar-refractivity contribution in [2.75, 3.05) is 5.32 Å². The molecule has 1 heterocycles. The van der Waals surface area contributed by atoms with Crippen molar-refractivity contribution in [1.29, 1.82) is 0 Å². The molecule has 0 saturated carbocycles. The lowest BCUT2D eigenvalue weighted by molar-refractivity contribution is -0.385. The van der Waals surface area contributed by atoms with E-state index in [2.05, 4.69) is 15.5 Å². The van der Waals surface area contributed by atoms with E-state index in [9.17, 15) is 14.9 Å². The van der Waals surface area contributed by atoms with Gasteiger partial charge in [0.2, 0.25) is 5.91 Å². The normalized spacial score (nSPS) is 10.3. The van der Waals surface area contributed by atoms with Crippen LogP contribution in [0.1, 0.15) is 16.8 Å². The number of nitro benzene ring substituents is 1. The van der Waals surface area contributed by atoms with Gasteiger partial charge in [-0.25, -0.2) is 0 Å². The predicted molar refractivity (Wildman–Crippen MR) is 73.5 cm³/mol. The molecule has 7 heteroatoms. The summed E-state index contributed by atoms with van der Waals surface area (Å²) in [6.07, 6.45) is -0.0670. The molecule has 0 unspecified atom stereocenters. The molecule has 2 rings (SSSR count). The zero-order valence-electron chi connectivity index (χ0n) is 11.1. The molecular weight excluding hydrogens is 260 g/mol. The molecule has 0 spiro atoms. The Bertz CT molecular complexity index is 663. The third-order valence-electron chi connectivity index (χ3n) is 3.05. The van der Waals surface area contributed by atoms with Crippen LogP contribution in [0.2, 0.25) is 0 Å². The van der Waals surface area contributed by atoms with Gasteiger partial charge in [-0.15, -0.1) is 0 Å². The SMILES string of the molecule is Cc1[nH]nc(NC(=O)Cc2ccccc2[N+](=O)[O-])c1C. The lowest BCUT2D eigenvalue weighted by Gasteiger charge is -2.04. The lowest BCUT2D eigenvalue weighted by Crippen LogP contribution is -2.16. The Labute approximate surface area is 115 Å². The van der Waals surface area contributed by atoms with E-state index in [1.54, 1.807) is 18.2 Å². The van der Waals surface area contributed by atoms with Crippen LogP contribution in [-0.2, 0) is 11.2 Å². The van der Waals surface area contributed by atoms with Crippen LogP contribution in [0.15, 0.2) is 24.3 Å². The monoisotopic (exact) mass is 274 g/mol. The van der Waals surface area contributed by atoms with E-state index >= 15 is 0 Å². The molecule has 0 aliphatic carbocycles. The maximum atomic E-state index is 11.9. The summed E-state index contributed by atoms with van der Waals surface area (Å²) in [6, 6.07) is 6.19. The molecule has 1 amide bonds. The fraction of sp³-hybridized carbons (Fsp3) is 0.231. The molecule has 1 aromatic heterocycles. The fourth-order valence-corrected chi connectivity index (χ4v) is 1.79. The van der Waals surface area contributed by atoms with Crippen LogP contribution in [0.5, 0.6) is 0 Å². The Hall–Kier alpha value is -2.70. The number of H-pyrrole nitrogens is 1. The van der Waals surface area contributed by atoms with Gasteiger partial charge in [0.1, 0.15) is 0 Å². The number of anilines is 1. The summed E-state index contributed by atoms with van der Waals surface area (Å²) >= 11 is 0. The fourth-order valence-electron chi connectivity index (χ4n) is 1.79. The number of para-hydroxylation sites is 1. The van der Waals surface area contributed by atoms with Gasteiger partial charge in [0.15, 0.2) is 5.82 Å². The highest BCUT2D eigenvalue weighted by Crippen LogP contribution is 2.19. The van der Waals surface area contributed by atoms with Crippen LogP contribution in [0.4, 0.5) is 11.5 Å². The van der Waals surface area contributed by atoms with Crippen LogP contribution in [0.3, 0.4) is 0 Å². The Morgan fingerprint density at radius 3 is 2.70 bits per heavy atom. The van der Waals surface area contributed by atoms with Gasteiger partial charge in [-0.05, 0) is 13.8 Å². The Kier molecular flexibility index (Phi) is 3.79. The molecule has 0 atom stereocenters. The van der Waals surface area contributed by atoms with Gasteiger partial charge in [0.25, 0.3) is 5.69 Å². The van der Waals surface area contributed by atoms with Gasteiger partial charge in [0, 0.05) is 22.9 Å². The molecule has 0 radical (unpaired) electrons. The molecule has 104 valence electrons. The largest absolute Gasteiger partial charge is 0.309 e. The van der Waals surface area contributed by atoms with Gasteiger partial charge in [-0.1, -0.05) is 18.2 Å². The lowest BCUT2D eigenvalue weighted by atomic mass is 10.1. The summed E-state index contributed by atoms with van der Waals surface area (Å²) in [6.45, 7) is 3.68. The number of aromatic amines is 1. The Balaban J connectivity index is 2.13. The van der Waals surface area contributed by atoms with Crippen LogP contribution in [0.25, 0.3) is 0 Å². The number of hydrogen-bond acceptors (Lipinski definition) is 4. The van der Waals surface area contributed by atoms with Gasteiger partial charge < -0.3 is 5.32 Å². The van der Waals surface area contributed by atoms with Crippen molar-refractivity contribution in [1.82, 2.24) is 10.2 Å². The second-order valence-electron chi connectivity index (χ2n) is 4.43. The zero-order valence-corrected chi connectivity index (χ0v) is 11.1. The molecule has 2 aromatic rings. The quantitative estimate of drug-likeness (QED) is 0.658. The number of nitro groups is 1. The molecule has 0 bridgehead atoms. The summed E-state index contributed by atoms with van der Waals surface area (Å²) in [5.41, 5.74) is 2.03. The number of nitrogens with one attached hydrogen (secondary N) is 2. The summed E-state index contributed by atoms with van der Waals surface area (Å²) < 4.78 is 0. The molecule has 0 saturated heterocycles. The van der Waals surface area contributed by atoms with Crippen LogP contribution < -0.4 is 5.32 Å². The van der Waals surface area contributed by atoms with Gasteiger partial charge in [-0.2, -0.15) is 5.10 Å². The minimum absolute atomic E-state index is 0.0578. The number of nitrogens with zero attached hydrogens (tertiary/aromatic N) is 2. The molecule has 0 fully saturated rings. The van der Waals surface area contributed by atoms with Gasteiger partial charge >= 0.3 is 0 Å². The van der Waals surface area contributed by atoms with Gasteiger partial charge in [0.05, 0.1) is 11.3 Å². The summed E-state index contributed by atoms with van der Waals surface area (Å²) in [5, 5.41) is 20.2. The standard InChI is InChI=1S/C13H14N4O3/c1-8-9(2)15-16-13(8)14-12(18)7-10-5-3-4-6-11(10)17(19)20/h3-6H,7H2,1-2H3,(H2,14,15,16,18). The number of aryl methyl sites for hydroxylation is 1. The summed E-state index contributed by atoms with van der Waals surface area (Å²) in [7, 11) is 0. The van der Waals surface area contributed by atoms with Crippen molar-refractivity contribution in [3.05, 3.63) is 51.2 Å². The van der Waals surface area contributed by atoms with Crippen LogP contribution in [0, 0.1) is 24.0 Å². The van der Waals surface area contributed by atoms with Crippen molar-refractivity contribution < 1.29 is 9.72 Å². The summed E-state index contributed by atoms with van der Waals surface area (Å²) in [5.74, 6) is 0.111. The first-order valence-corrected chi connectivity index (χ1v) is 6.02. The highest BCUT2D eigenvalue weighted by molar-refractivity contribution is 5.92. The average Bonchev–Trinajstić information content (AvgIpc) is 2.71. The molecule has 0 aliphatic rings.